The maximum Gasteiger partial charge on any atom is 0.337 e. The third kappa shape index (κ3) is 3.56. The van der Waals surface area contributed by atoms with Gasteiger partial charge < -0.3 is 13.9 Å². The molecule has 1 aliphatic rings. The molecule has 0 saturated carbocycles. The number of para-hydroxylation sites is 1. The lowest BCUT2D eigenvalue weighted by molar-refractivity contribution is 0.0601. The Morgan fingerprint density at radius 3 is 2.79 bits per heavy atom. The quantitative estimate of drug-likeness (QED) is 0.596. The van der Waals surface area contributed by atoms with E-state index in [4.69, 9.17) is 13.9 Å². The molecule has 1 aliphatic carbocycles. The number of methoxy groups -OCH3 is 1. The van der Waals surface area contributed by atoms with Crippen molar-refractivity contribution in [3.05, 3.63) is 75.1 Å². The van der Waals surface area contributed by atoms with E-state index in [1.807, 2.05) is 37.3 Å². The van der Waals surface area contributed by atoms with Crippen molar-refractivity contribution in [1.82, 2.24) is 0 Å². The summed E-state index contributed by atoms with van der Waals surface area (Å²) >= 11 is 0. The molecular weight excluding hydrogens is 368 g/mol. The van der Waals surface area contributed by atoms with Gasteiger partial charge in [0.25, 0.3) is 0 Å². The number of esters is 1. The molecule has 0 radical (unpaired) electrons. The fourth-order valence-electron chi connectivity index (χ4n) is 3.75. The Balaban J connectivity index is 1.86. The van der Waals surface area contributed by atoms with Gasteiger partial charge in [-0.2, -0.15) is 0 Å². The van der Waals surface area contributed by atoms with Crippen LogP contribution in [-0.2, 0) is 11.2 Å². The average Bonchev–Trinajstić information content (AvgIpc) is 2.75. The van der Waals surface area contributed by atoms with Gasteiger partial charge in [0.05, 0.1) is 24.7 Å². The minimum Gasteiger partial charge on any atom is -0.493 e. The standard InChI is InChI=1S/C24H22O5/c1-3-28-20-10-5-4-7-15(20)13-16-8-6-9-18-22(25)19-14-17(24(26)27-2)11-12-21(19)29-23(16)18/h4-5,7,10-14H,3,6,8-9H2,1-2H3. The molecule has 5 nitrogen and oxygen atoms in total. The molecular formula is C24H22O5. The van der Waals surface area contributed by atoms with E-state index >= 15 is 0 Å². The van der Waals surface area contributed by atoms with Gasteiger partial charge in [-0.25, -0.2) is 4.79 Å². The highest BCUT2D eigenvalue weighted by molar-refractivity contribution is 5.94. The van der Waals surface area contributed by atoms with Crippen LogP contribution in [0.25, 0.3) is 22.6 Å². The predicted octanol–water partition coefficient (Wildman–Crippen LogP) is 4.86. The first-order valence-electron chi connectivity index (χ1n) is 9.73. The molecule has 148 valence electrons. The fourth-order valence-corrected chi connectivity index (χ4v) is 3.75. The van der Waals surface area contributed by atoms with Crippen molar-refractivity contribution in [1.29, 1.82) is 0 Å². The molecule has 0 unspecified atom stereocenters. The second kappa shape index (κ2) is 7.95. The Morgan fingerprint density at radius 1 is 1.17 bits per heavy atom. The van der Waals surface area contributed by atoms with Gasteiger partial charge in [-0.1, -0.05) is 18.2 Å². The lowest BCUT2D eigenvalue weighted by Crippen LogP contribution is -2.16. The molecule has 0 amide bonds. The van der Waals surface area contributed by atoms with Gasteiger partial charge in [-0.15, -0.1) is 0 Å². The molecule has 0 spiro atoms. The van der Waals surface area contributed by atoms with Crippen molar-refractivity contribution in [3.8, 4) is 5.75 Å². The molecule has 0 aliphatic heterocycles. The maximum atomic E-state index is 13.1. The summed E-state index contributed by atoms with van der Waals surface area (Å²) in [6.45, 7) is 2.53. The Hall–Kier alpha value is -3.34. The van der Waals surface area contributed by atoms with E-state index in [9.17, 15) is 9.59 Å². The second-order valence-electron chi connectivity index (χ2n) is 6.94. The minimum atomic E-state index is -0.475. The zero-order valence-electron chi connectivity index (χ0n) is 16.5. The van der Waals surface area contributed by atoms with Crippen molar-refractivity contribution in [2.45, 2.75) is 26.2 Å². The van der Waals surface area contributed by atoms with Crippen LogP contribution in [0, 0.1) is 0 Å². The predicted molar refractivity (Wildman–Crippen MR) is 112 cm³/mol. The van der Waals surface area contributed by atoms with Gasteiger partial charge in [0, 0.05) is 11.1 Å². The molecule has 29 heavy (non-hydrogen) atoms. The number of carbonyl (C=O) groups is 1. The van der Waals surface area contributed by atoms with Crippen molar-refractivity contribution < 1.29 is 18.7 Å². The van der Waals surface area contributed by atoms with Crippen molar-refractivity contribution in [2.24, 2.45) is 0 Å². The molecule has 0 fully saturated rings. The largest absolute Gasteiger partial charge is 0.493 e. The summed E-state index contributed by atoms with van der Waals surface area (Å²) in [4.78, 5) is 25.0. The summed E-state index contributed by atoms with van der Waals surface area (Å²) in [6.07, 6.45) is 4.38. The van der Waals surface area contributed by atoms with Crippen LogP contribution in [0.3, 0.4) is 0 Å². The fraction of sp³-hybridized carbons (Fsp3) is 0.250. The van der Waals surface area contributed by atoms with Crippen LogP contribution < -0.4 is 10.2 Å². The summed E-state index contributed by atoms with van der Waals surface area (Å²) in [7, 11) is 1.32. The highest BCUT2D eigenvalue weighted by Crippen LogP contribution is 2.34. The van der Waals surface area contributed by atoms with Gasteiger partial charge in [-0.3, -0.25) is 4.79 Å². The van der Waals surface area contributed by atoms with E-state index in [1.54, 1.807) is 18.2 Å². The van der Waals surface area contributed by atoms with Crippen LogP contribution in [0.1, 0.15) is 47.0 Å². The van der Waals surface area contributed by atoms with E-state index in [1.165, 1.54) is 7.11 Å². The number of rotatable bonds is 4. The van der Waals surface area contributed by atoms with Crippen molar-refractivity contribution >= 4 is 28.6 Å². The molecule has 4 rings (SSSR count). The van der Waals surface area contributed by atoms with Crippen LogP contribution in [0.15, 0.2) is 51.7 Å². The lowest BCUT2D eigenvalue weighted by atomic mass is 9.90. The SMILES string of the molecule is CCOc1ccccc1C=C1CCCc2c1oc1ccc(C(=O)OC)cc1c2=O. The summed E-state index contributed by atoms with van der Waals surface area (Å²) in [5.41, 5.74) is 3.31. The number of allylic oxidation sites excluding steroid dienone is 1. The molecule has 1 aromatic heterocycles. The third-order valence-corrected chi connectivity index (χ3v) is 5.12. The Labute approximate surface area is 168 Å². The summed E-state index contributed by atoms with van der Waals surface area (Å²) in [5.74, 6) is 0.962. The number of fused-ring (bicyclic) bond motifs is 2. The number of hydrogen-bond acceptors (Lipinski definition) is 5. The van der Waals surface area contributed by atoms with Gasteiger partial charge in [0.1, 0.15) is 17.1 Å². The van der Waals surface area contributed by atoms with Crippen LogP contribution >= 0.6 is 0 Å². The number of carbonyl (C=O) groups excluding carboxylic acids is 1. The van der Waals surface area contributed by atoms with Crippen LogP contribution in [0.5, 0.6) is 5.75 Å². The first-order chi connectivity index (χ1) is 14.1. The molecule has 2 aromatic carbocycles. The smallest absolute Gasteiger partial charge is 0.337 e. The minimum absolute atomic E-state index is 0.0873. The first-order valence-corrected chi connectivity index (χ1v) is 9.73. The zero-order valence-corrected chi connectivity index (χ0v) is 16.5. The van der Waals surface area contributed by atoms with Crippen LogP contribution in [0.2, 0.25) is 0 Å². The van der Waals surface area contributed by atoms with E-state index in [0.29, 0.717) is 40.9 Å². The highest BCUT2D eigenvalue weighted by Gasteiger charge is 2.23. The zero-order chi connectivity index (χ0) is 20.4. The number of hydrogen-bond donors (Lipinski definition) is 0. The monoisotopic (exact) mass is 390 g/mol. The van der Waals surface area contributed by atoms with E-state index in [0.717, 1.165) is 29.7 Å². The van der Waals surface area contributed by atoms with Crippen molar-refractivity contribution in [2.75, 3.05) is 13.7 Å². The van der Waals surface area contributed by atoms with Crippen molar-refractivity contribution in [3.63, 3.8) is 0 Å². The Morgan fingerprint density at radius 2 is 2.00 bits per heavy atom. The average molecular weight is 390 g/mol. The van der Waals surface area contributed by atoms with Gasteiger partial charge >= 0.3 is 5.97 Å². The second-order valence-corrected chi connectivity index (χ2v) is 6.94. The first kappa shape index (κ1) is 19.0. The lowest BCUT2D eigenvalue weighted by Gasteiger charge is -2.18. The molecule has 0 N–H and O–H groups in total. The highest BCUT2D eigenvalue weighted by atomic mass is 16.5. The van der Waals surface area contributed by atoms with Crippen LogP contribution in [-0.4, -0.2) is 19.7 Å². The Kier molecular flexibility index (Phi) is 5.21. The van der Waals surface area contributed by atoms with Gasteiger partial charge in [-0.05, 0) is 62.1 Å². The maximum absolute atomic E-state index is 13.1. The molecule has 0 bridgehead atoms. The topological polar surface area (TPSA) is 65.7 Å². The summed E-state index contributed by atoms with van der Waals surface area (Å²) < 4.78 is 16.6. The molecule has 0 saturated heterocycles. The third-order valence-electron chi connectivity index (χ3n) is 5.12. The van der Waals surface area contributed by atoms with Crippen LogP contribution in [0.4, 0.5) is 0 Å². The number of ether oxygens (including phenoxy) is 2. The van der Waals surface area contributed by atoms with Gasteiger partial charge in [0.15, 0.2) is 5.43 Å². The Bertz CT molecular complexity index is 1170. The number of benzene rings is 2. The molecule has 1 heterocycles. The molecule has 0 atom stereocenters. The van der Waals surface area contributed by atoms with E-state index in [-0.39, 0.29) is 5.43 Å². The summed E-state index contributed by atoms with van der Waals surface area (Å²) in [6, 6.07) is 12.6. The molecule has 5 heteroatoms. The van der Waals surface area contributed by atoms with E-state index < -0.39 is 5.97 Å². The van der Waals surface area contributed by atoms with Gasteiger partial charge in [0.2, 0.25) is 0 Å². The molecule has 3 aromatic rings. The van der Waals surface area contributed by atoms with E-state index in [2.05, 4.69) is 0 Å². The normalized spacial score (nSPS) is 14.6. The summed E-state index contributed by atoms with van der Waals surface area (Å²) in [5, 5.41) is 0.405.